The molecule has 0 aromatic heterocycles. The van der Waals surface area contributed by atoms with Crippen molar-refractivity contribution in [1.82, 2.24) is 0 Å². The van der Waals surface area contributed by atoms with E-state index in [0.29, 0.717) is 29.1 Å². The standard InChI is InChI=1S/C9H16.C8H14F2.C8H14.C8H16.3C7H14.3C6H11F/c1-7(2)8-6-9(8)4-3-5-9;1-6(2,3)7(4)5-8(7,9)10;1-6(2)7-5-8(7)3-4-8;1-6(2)7-5-8(7,3)4;3*1-5(2)7-4-6(7)3;1-5(2)6(7)3-4-6;2*1-4(2)5-3-6(5)7/h7-8H,3-6H2,1-2H3;5H2,1-4H3;6-7H,3-5H2,1-2H3;6-7H,5H2,1-4H3;3*5-7H,4H2,1-3H3;5H,3-4H2,1-2H3;2*4-6H,3H2,1-2H3/t;;;;3*6-,7+;;5-,6+;5-,6-/m....100.01/s1. The highest BCUT2D eigenvalue weighted by atomic mass is 19.3. The third-order valence-electron chi connectivity index (χ3n) is 22.7. The van der Waals surface area contributed by atoms with Crippen LogP contribution in [0.3, 0.4) is 0 Å². The molecule has 12 aliphatic rings. The second-order valence-corrected chi connectivity index (χ2v) is 34.1. The third kappa shape index (κ3) is 22.6. The Bertz CT molecular complexity index is 1570. The number of alkyl halides is 5. The number of hydrogen-bond donors (Lipinski definition) is 0. The lowest BCUT2D eigenvalue weighted by atomic mass is 9.78. The molecule has 2 spiro atoms. The molecule has 0 aliphatic heterocycles. The van der Waals surface area contributed by atoms with Crippen molar-refractivity contribution in [1.29, 1.82) is 0 Å². The predicted molar refractivity (Wildman–Crippen MR) is 328 cm³/mol. The smallest absolute Gasteiger partial charge is 0.247 e. The molecule has 0 aromatic rings. The average molecular weight is 1100 g/mol. The monoisotopic (exact) mass is 1100 g/mol. The molecule has 5 heteroatoms. The summed E-state index contributed by atoms with van der Waals surface area (Å²) in [4.78, 5) is 0. The van der Waals surface area contributed by atoms with Crippen molar-refractivity contribution in [3.05, 3.63) is 0 Å². The Morgan fingerprint density at radius 2 is 0.649 bits per heavy atom. The van der Waals surface area contributed by atoms with Crippen molar-refractivity contribution in [3.63, 3.8) is 0 Å². The van der Waals surface area contributed by atoms with Crippen molar-refractivity contribution < 1.29 is 22.0 Å². The van der Waals surface area contributed by atoms with Gasteiger partial charge >= 0.3 is 0 Å². The van der Waals surface area contributed by atoms with Crippen molar-refractivity contribution >= 4 is 0 Å². The lowest BCUT2D eigenvalue weighted by molar-refractivity contribution is 0.0243. The SMILES string of the molecule is CC(C)(C)C1(C)CC1(F)F.CC(C)C1(F)CC1.CC(C)C1CC1(C)C.CC(C)C1CC12CC2.CC(C)C1CC12CCC2.CC(C)[C@@H]1C[C@H]1C.CC(C)[C@@H]1C[C@H]1F.CC(C)[C@H]1C[C@@H]1C.CC(C)[C@H]1C[C@@H]1C.CC(C)[C@H]1C[C@H]1F. The fourth-order valence-corrected chi connectivity index (χ4v) is 13.7. The van der Waals surface area contributed by atoms with E-state index in [9.17, 15) is 22.0 Å². The molecule has 12 rings (SSSR count). The predicted octanol–water partition coefficient (Wildman–Crippen LogP) is 24.1. The van der Waals surface area contributed by atoms with Crippen LogP contribution in [-0.4, -0.2) is 23.9 Å². The molecule has 0 bridgehead atoms. The second-order valence-electron chi connectivity index (χ2n) is 34.1. The van der Waals surface area contributed by atoms with Crippen LogP contribution in [0.15, 0.2) is 0 Å². The van der Waals surface area contributed by atoms with Crippen LogP contribution in [0.1, 0.15) is 290 Å². The van der Waals surface area contributed by atoms with E-state index in [-0.39, 0.29) is 17.8 Å². The summed E-state index contributed by atoms with van der Waals surface area (Å²) in [6.45, 7) is 59.2. The van der Waals surface area contributed by atoms with Crippen LogP contribution in [0, 0.1) is 145 Å². The summed E-state index contributed by atoms with van der Waals surface area (Å²) in [6.07, 6.45) is 19.1. The molecular weight excluding hydrogens is 960 g/mol. The number of halogens is 5. The maximum absolute atomic E-state index is 12.7. The maximum Gasteiger partial charge on any atom is 0.254 e. The first-order valence-electron chi connectivity index (χ1n) is 33.3. The molecule has 0 amide bonds. The number of hydrogen-bond acceptors (Lipinski definition) is 0. The van der Waals surface area contributed by atoms with Gasteiger partial charge in [0.05, 0.1) is 0 Å². The quantitative estimate of drug-likeness (QED) is 0.202. The van der Waals surface area contributed by atoms with Crippen molar-refractivity contribution in [3.8, 4) is 0 Å². The van der Waals surface area contributed by atoms with E-state index in [1.165, 1.54) is 32.1 Å². The topological polar surface area (TPSA) is 0 Å². The largest absolute Gasteiger partial charge is 0.254 e. The highest BCUT2D eigenvalue weighted by Gasteiger charge is 2.72. The van der Waals surface area contributed by atoms with Crippen molar-refractivity contribution in [2.45, 2.75) is 314 Å². The molecule has 0 aromatic carbocycles. The zero-order valence-electron chi connectivity index (χ0n) is 56.4. The highest BCUT2D eigenvalue weighted by molar-refractivity contribution is 5.13. The van der Waals surface area contributed by atoms with Crippen LogP contribution in [0.5, 0.6) is 0 Å². The van der Waals surface area contributed by atoms with Crippen molar-refractivity contribution in [2.24, 2.45) is 145 Å². The molecule has 4 unspecified atom stereocenters. The summed E-state index contributed by atoms with van der Waals surface area (Å²) in [5.74, 6) is 15.0. The fourth-order valence-electron chi connectivity index (χ4n) is 13.7. The van der Waals surface area contributed by atoms with Crippen LogP contribution in [-0.2, 0) is 0 Å². The molecular formula is C72H135F5. The Labute approximate surface area is 478 Å². The van der Waals surface area contributed by atoms with Crippen molar-refractivity contribution in [2.75, 3.05) is 0 Å². The lowest BCUT2D eigenvalue weighted by Gasteiger charge is -2.27. The van der Waals surface area contributed by atoms with E-state index < -0.39 is 29.3 Å². The summed E-state index contributed by atoms with van der Waals surface area (Å²) in [5, 5.41) is 0. The second kappa shape index (κ2) is 27.6. The van der Waals surface area contributed by atoms with E-state index in [1.807, 2.05) is 34.6 Å². The molecule has 14 atom stereocenters. The van der Waals surface area contributed by atoms with E-state index >= 15 is 0 Å². The Morgan fingerprint density at radius 1 is 0.390 bits per heavy atom. The normalized spacial score (nSPS) is 37.0. The first kappa shape index (κ1) is 70.9. The van der Waals surface area contributed by atoms with E-state index in [0.717, 1.165) is 125 Å². The summed E-state index contributed by atoms with van der Waals surface area (Å²) in [7, 11) is 0. The van der Waals surface area contributed by atoms with Crippen LogP contribution >= 0.6 is 0 Å². The minimum atomic E-state index is -2.41. The molecule has 12 aliphatic carbocycles. The molecule has 458 valence electrons. The molecule has 0 N–H and O–H groups in total. The summed E-state index contributed by atoms with van der Waals surface area (Å²) >= 11 is 0. The van der Waals surface area contributed by atoms with Crippen LogP contribution in [0.4, 0.5) is 22.0 Å². The number of rotatable bonds is 9. The Balaban J connectivity index is 0.000000226. The Morgan fingerprint density at radius 3 is 0.675 bits per heavy atom. The zero-order chi connectivity index (χ0) is 59.5. The fraction of sp³-hybridized carbons (Fsp3) is 1.00. The van der Waals surface area contributed by atoms with Gasteiger partial charge in [0.25, 0.3) is 5.92 Å². The minimum Gasteiger partial charge on any atom is -0.247 e. The van der Waals surface area contributed by atoms with Gasteiger partial charge in [-0.05, 0) is 230 Å². The molecule has 0 nitrogen and oxygen atoms in total. The first-order chi connectivity index (χ1) is 35.0. The Hall–Kier alpha value is -0.350. The van der Waals surface area contributed by atoms with Gasteiger partial charge in [0.15, 0.2) is 0 Å². The third-order valence-corrected chi connectivity index (χ3v) is 22.7. The average Bonchev–Trinajstić information content (AvgIpc) is 4.06. The maximum atomic E-state index is 12.7. The highest BCUT2D eigenvalue weighted by Crippen LogP contribution is 2.73. The lowest BCUT2D eigenvalue weighted by Crippen LogP contribution is -2.24. The molecule has 12 fully saturated rings. The van der Waals surface area contributed by atoms with Gasteiger partial charge < -0.3 is 0 Å². The van der Waals surface area contributed by atoms with Gasteiger partial charge in [-0.25, -0.2) is 22.0 Å². The molecule has 0 saturated heterocycles. The van der Waals surface area contributed by atoms with Gasteiger partial charge in [-0.2, -0.15) is 0 Å². The van der Waals surface area contributed by atoms with Gasteiger partial charge in [-0.3, -0.25) is 0 Å². The summed E-state index contributed by atoms with van der Waals surface area (Å²) in [5.41, 5.74) is 0.771. The zero-order valence-corrected chi connectivity index (χ0v) is 56.4. The molecule has 0 radical (unpaired) electrons. The molecule has 12 saturated carbocycles. The van der Waals surface area contributed by atoms with Crippen LogP contribution in [0.25, 0.3) is 0 Å². The molecule has 0 heterocycles. The van der Waals surface area contributed by atoms with Crippen LogP contribution in [0.2, 0.25) is 0 Å². The minimum absolute atomic E-state index is 0.0590. The van der Waals surface area contributed by atoms with E-state index in [1.54, 1.807) is 45.4 Å². The van der Waals surface area contributed by atoms with Gasteiger partial charge in [-0.15, -0.1) is 0 Å². The van der Waals surface area contributed by atoms with Gasteiger partial charge in [0.2, 0.25) is 0 Å². The Kier molecular flexibility index (Phi) is 25.4. The van der Waals surface area contributed by atoms with E-state index in [2.05, 4.69) is 145 Å². The first-order valence-corrected chi connectivity index (χ1v) is 33.3. The molecule has 77 heavy (non-hydrogen) atoms. The van der Waals surface area contributed by atoms with E-state index in [4.69, 9.17) is 0 Å². The summed E-state index contributed by atoms with van der Waals surface area (Å²) in [6, 6.07) is 0. The van der Waals surface area contributed by atoms with Gasteiger partial charge in [0, 0.05) is 11.8 Å². The summed E-state index contributed by atoms with van der Waals surface area (Å²) < 4.78 is 62.0. The van der Waals surface area contributed by atoms with Gasteiger partial charge in [0.1, 0.15) is 18.0 Å². The van der Waals surface area contributed by atoms with Gasteiger partial charge in [-0.1, -0.05) is 193 Å². The van der Waals surface area contributed by atoms with Crippen LogP contribution < -0.4 is 0 Å².